The van der Waals surface area contributed by atoms with E-state index in [1.165, 1.54) is 4.88 Å². The second-order valence-electron chi connectivity index (χ2n) is 7.48. The number of nitrogens with zero attached hydrogens (tertiary/aromatic N) is 2. The van der Waals surface area contributed by atoms with Crippen molar-refractivity contribution >= 4 is 34.5 Å². The molecule has 3 heterocycles. The highest BCUT2D eigenvalue weighted by Crippen LogP contribution is 2.38. The average molecular weight is 436 g/mol. The summed E-state index contributed by atoms with van der Waals surface area (Å²) in [7, 11) is 0. The lowest BCUT2D eigenvalue weighted by molar-refractivity contribution is -0.153. The number of hydrogen-bond donors (Lipinski definition) is 3. The van der Waals surface area contributed by atoms with Crippen molar-refractivity contribution in [2.75, 3.05) is 13.1 Å². The molecule has 2 aromatic heterocycles. The normalized spacial score (nSPS) is 20.5. The van der Waals surface area contributed by atoms with E-state index in [0.29, 0.717) is 19.5 Å². The van der Waals surface area contributed by atoms with Gasteiger partial charge in [0.2, 0.25) is 0 Å². The van der Waals surface area contributed by atoms with Gasteiger partial charge in [-0.05, 0) is 50.0 Å². The molecule has 1 fully saturated rings. The van der Waals surface area contributed by atoms with Crippen molar-refractivity contribution in [3.05, 3.63) is 38.0 Å². The van der Waals surface area contributed by atoms with E-state index in [1.807, 2.05) is 17.5 Å². The fourth-order valence-corrected chi connectivity index (χ4v) is 5.97. The number of carbonyl (C=O) groups is 2. The van der Waals surface area contributed by atoms with Crippen LogP contribution in [0.2, 0.25) is 0 Å². The van der Waals surface area contributed by atoms with Crippen LogP contribution in [0.5, 0.6) is 0 Å². The van der Waals surface area contributed by atoms with Crippen LogP contribution in [0.4, 0.5) is 0 Å². The summed E-state index contributed by atoms with van der Waals surface area (Å²) in [6, 6.07) is 3.72. The first-order valence-corrected chi connectivity index (χ1v) is 11.7. The van der Waals surface area contributed by atoms with Gasteiger partial charge < -0.3 is 20.4 Å². The molecule has 9 heteroatoms. The van der Waals surface area contributed by atoms with Crippen molar-refractivity contribution in [1.82, 2.24) is 15.2 Å². The number of fused-ring (bicyclic) bond motifs is 1. The van der Waals surface area contributed by atoms with Crippen LogP contribution in [0.3, 0.4) is 0 Å². The van der Waals surface area contributed by atoms with E-state index in [0.717, 1.165) is 47.7 Å². The Morgan fingerprint density at radius 1 is 1.28 bits per heavy atom. The van der Waals surface area contributed by atoms with Gasteiger partial charge in [-0.3, -0.25) is 9.59 Å². The van der Waals surface area contributed by atoms with Crippen molar-refractivity contribution < 1.29 is 19.8 Å². The van der Waals surface area contributed by atoms with Crippen molar-refractivity contribution in [3.8, 4) is 0 Å². The van der Waals surface area contributed by atoms with Gasteiger partial charge in [-0.2, -0.15) is 0 Å². The summed E-state index contributed by atoms with van der Waals surface area (Å²) in [4.78, 5) is 33.7. The summed E-state index contributed by atoms with van der Waals surface area (Å²) in [5.41, 5.74) is 1.13. The summed E-state index contributed by atoms with van der Waals surface area (Å²) in [5.74, 6) is -1.34. The second-order valence-corrected chi connectivity index (χ2v) is 9.62. The number of aromatic nitrogens is 1. The Morgan fingerprint density at radius 2 is 2.14 bits per heavy atom. The summed E-state index contributed by atoms with van der Waals surface area (Å²) >= 11 is 3.24. The van der Waals surface area contributed by atoms with E-state index < -0.39 is 24.0 Å². The molecule has 0 bridgehead atoms. The van der Waals surface area contributed by atoms with Crippen molar-refractivity contribution in [2.24, 2.45) is 0 Å². The topological polar surface area (TPSA) is 103 Å². The third kappa shape index (κ3) is 4.37. The second kappa shape index (κ2) is 8.91. The molecule has 4 rings (SSSR count). The van der Waals surface area contributed by atoms with Gasteiger partial charge in [0.05, 0.1) is 11.7 Å². The molecule has 0 radical (unpaired) electrons. The Balaban J connectivity index is 1.34. The lowest BCUT2D eigenvalue weighted by Gasteiger charge is -2.27. The Hall–Kier alpha value is -1.81. The predicted molar refractivity (Wildman–Crippen MR) is 111 cm³/mol. The Morgan fingerprint density at radius 3 is 2.90 bits per heavy atom. The zero-order valence-corrected chi connectivity index (χ0v) is 17.7. The fraction of sp³-hybridized carbons (Fsp3) is 0.550. The molecule has 1 saturated heterocycles. The number of thiophene rings is 1. The monoisotopic (exact) mass is 435 g/mol. The highest BCUT2D eigenvalue weighted by Gasteiger charge is 2.39. The summed E-state index contributed by atoms with van der Waals surface area (Å²) < 4.78 is 0. The van der Waals surface area contributed by atoms with Crippen LogP contribution in [-0.4, -0.2) is 57.2 Å². The molecular weight excluding hydrogens is 410 g/mol. The summed E-state index contributed by atoms with van der Waals surface area (Å²) in [6.45, 7) is 0.839. The molecule has 3 N–H and O–H groups in total. The zero-order chi connectivity index (χ0) is 20.4. The number of thiazole rings is 1. The number of aryl methyl sites for hydroxylation is 2. The van der Waals surface area contributed by atoms with E-state index in [1.54, 1.807) is 27.6 Å². The predicted octanol–water partition coefficient (Wildman–Crippen LogP) is 1.44. The highest BCUT2D eigenvalue weighted by molar-refractivity contribution is 7.11. The van der Waals surface area contributed by atoms with E-state index in [-0.39, 0.29) is 6.04 Å². The minimum Gasteiger partial charge on any atom is -0.380 e. The molecular formula is C20H25N3O4S2. The van der Waals surface area contributed by atoms with Gasteiger partial charge in [0.15, 0.2) is 12.2 Å². The Bertz CT molecular complexity index is 846. The molecule has 1 aliphatic carbocycles. The molecule has 2 aromatic rings. The van der Waals surface area contributed by atoms with E-state index in [4.69, 9.17) is 4.98 Å². The maximum atomic E-state index is 12.8. The van der Waals surface area contributed by atoms with Crippen LogP contribution >= 0.6 is 22.7 Å². The van der Waals surface area contributed by atoms with Gasteiger partial charge in [-0.1, -0.05) is 6.07 Å². The minimum atomic E-state index is -1.78. The molecule has 3 atom stereocenters. The first-order valence-electron chi connectivity index (χ1n) is 10.00. The molecule has 2 amide bonds. The highest BCUT2D eigenvalue weighted by atomic mass is 32.1. The van der Waals surface area contributed by atoms with Gasteiger partial charge in [-0.15, -0.1) is 22.7 Å². The molecule has 0 spiro atoms. The Kier molecular flexibility index (Phi) is 6.29. The van der Waals surface area contributed by atoms with Gasteiger partial charge in [0.25, 0.3) is 11.8 Å². The third-order valence-electron chi connectivity index (χ3n) is 5.50. The van der Waals surface area contributed by atoms with E-state index in [2.05, 4.69) is 5.32 Å². The summed E-state index contributed by atoms with van der Waals surface area (Å²) in [5, 5.41) is 26.0. The molecule has 0 saturated carbocycles. The van der Waals surface area contributed by atoms with Crippen LogP contribution in [0.1, 0.15) is 45.8 Å². The molecule has 0 unspecified atom stereocenters. The first-order chi connectivity index (χ1) is 14.0. The number of amides is 2. The fourth-order valence-electron chi connectivity index (χ4n) is 3.96. The lowest BCUT2D eigenvalue weighted by atomic mass is 10.1. The minimum absolute atomic E-state index is 0.179. The van der Waals surface area contributed by atoms with Crippen molar-refractivity contribution in [2.45, 2.75) is 56.8 Å². The standard InChI is InChI=1S/C20H25N3O4S2/c24-16(18(26)21-9-8-12-4-3-11-28-12)17(25)20(27)23-10-2-6-14(23)19-22-13-5-1-7-15(13)29-19/h3-4,11,14,16-17,24-25H,1-2,5-10H2,(H,21,26)/t14-,16-,17-/m1/s1. The molecule has 0 aromatic carbocycles. The van der Waals surface area contributed by atoms with Crippen LogP contribution < -0.4 is 5.32 Å². The molecule has 156 valence electrons. The number of aliphatic hydroxyl groups is 2. The Labute approximate surface area is 177 Å². The van der Waals surface area contributed by atoms with Gasteiger partial charge >= 0.3 is 0 Å². The number of aliphatic hydroxyl groups excluding tert-OH is 2. The van der Waals surface area contributed by atoms with E-state index >= 15 is 0 Å². The van der Waals surface area contributed by atoms with Crippen LogP contribution in [0, 0.1) is 0 Å². The van der Waals surface area contributed by atoms with Gasteiger partial charge in [0, 0.05) is 22.8 Å². The number of hydrogen-bond acceptors (Lipinski definition) is 7. The summed E-state index contributed by atoms with van der Waals surface area (Å²) in [6.07, 6.45) is 1.85. The number of carbonyl (C=O) groups excluding carboxylic acids is 2. The van der Waals surface area contributed by atoms with E-state index in [9.17, 15) is 19.8 Å². The molecule has 1 aliphatic heterocycles. The average Bonchev–Trinajstić information content (AvgIpc) is 3.49. The van der Waals surface area contributed by atoms with Crippen LogP contribution in [-0.2, 0) is 28.9 Å². The number of likely N-dealkylation sites (tertiary alicyclic amines) is 1. The first kappa shape index (κ1) is 20.5. The third-order valence-corrected chi connectivity index (χ3v) is 7.70. The van der Waals surface area contributed by atoms with Crippen LogP contribution in [0.15, 0.2) is 17.5 Å². The maximum Gasteiger partial charge on any atom is 0.255 e. The quantitative estimate of drug-likeness (QED) is 0.611. The van der Waals surface area contributed by atoms with Crippen LogP contribution in [0.25, 0.3) is 0 Å². The number of rotatable bonds is 7. The molecule has 2 aliphatic rings. The smallest absolute Gasteiger partial charge is 0.255 e. The zero-order valence-electron chi connectivity index (χ0n) is 16.0. The SMILES string of the molecule is O=C(NCCc1cccs1)[C@H](O)[C@@H](O)C(=O)N1CCC[C@@H]1c1nc2c(s1)CCC2. The largest absolute Gasteiger partial charge is 0.380 e. The van der Waals surface area contributed by atoms with Gasteiger partial charge in [0.1, 0.15) is 5.01 Å². The van der Waals surface area contributed by atoms with Crippen molar-refractivity contribution in [1.29, 1.82) is 0 Å². The molecule has 7 nitrogen and oxygen atoms in total. The van der Waals surface area contributed by atoms with Crippen molar-refractivity contribution in [3.63, 3.8) is 0 Å². The lowest BCUT2D eigenvalue weighted by Crippen LogP contribution is -2.50. The number of nitrogens with one attached hydrogen (secondary N) is 1. The molecule has 29 heavy (non-hydrogen) atoms. The maximum absolute atomic E-state index is 12.8. The van der Waals surface area contributed by atoms with Gasteiger partial charge in [-0.25, -0.2) is 4.98 Å².